The predicted octanol–water partition coefficient (Wildman–Crippen LogP) is 3.86. The number of hydrogen-bond acceptors (Lipinski definition) is 7. The first kappa shape index (κ1) is 22.6. The molecule has 8 nitrogen and oxygen atoms in total. The standard InChI is InChI=1S/C25H31FN6O2/c1-33-19-11-12-23(34-2)20(17-19)24(25-27-28-29-32(25)18-7-3-4-8-18)31-15-13-30(14-16-31)22-10-6-5-9-21(22)26/h5-6,9-12,17-18,24H,3-4,7-8,13-16H2,1-2H3/t24-/m1/s1. The van der Waals surface area contributed by atoms with Crippen LogP contribution in [0.1, 0.15) is 49.2 Å². The van der Waals surface area contributed by atoms with E-state index in [0.717, 1.165) is 48.8 Å². The number of nitrogens with zero attached hydrogens (tertiary/aromatic N) is 6. The molecule has 1 atom stereocenters. The van der Waals surface area contributed by atoms with Gasteiger partial charge in [-0.05, 0) is 53.6 Å². The molecule has 3 aromatic rings. The summed E-state index contributed by atoms with van der Waals surface area (Å²) in [7, 11) is 3.34. The van der Waals surface area contributed by atoms with Crippen molar-refractivity contribution in [2.75, 3.05) is 45.3 Å². The van der Waals surface area contributed by atoms with E-state index >= 15 is 0 Å². The average Bonchev–Trinajstić information content (AvgIpc) is 3.57. The Morgan fingerprint density at radius 2 is 1.74 bits per heavy atom. The van der Waals surface area contributed by atoms with Gasteiger partial charge in [0.15, 0.2) is 5.82 Å². The lowest BCUT2D eigenvalue weighted by atomic mass is 10.0. The topological polar surface area (TPSA) is 68.5 Å². The molecule has 0 amide bonds. The second-order valence-electron chi connectivity index (χ2n) is 8.90. The number of methoxy groups -OCH3 is 2. The third-order valence-electron chi connectivity index (χ3n) is 7.04. The molecule has 0 spiro atoms. The fourth-order valence-electron chi connectivity index (χ4n) is 5.27. The summed E-state index contributed by atoms with van der Waals surface area (Å²) in [6.07, 6.45) is 4.55. The lowest BCUT2D eigenvalue weighted by Crippen LogP contribution is -2.48. The summed E-state index contributed by atoms with van der Waals surface area (Å²) in [5, 5.41) is 13.0. The average molecular weight is 467 g/mol. The molecule has 1 aliphatic heterocycles. The van der Waals surface area contributed by atoms with Crippen molar-refractivity contribution in [3.05, 3.63) is 59.7 Å². The Hall–Kier alpha value is -3.20. The highest BCUT2D eigenvalue weighted by Gasteiger charge is 2.35. The van der Waals surface area contributed by atoms with Crippen molar-refractivity contribution < 1.29 is 13.9 Å². The summed E-state index contributed by atoms with van der Waals surface area (Å²) in [5.74, 6) is 2.15. The van der Waals surface area contributed by atoms with Gasteiger partial charge in [0.1, 0.15) is 23.4 Å². The first-order valence-corrected chi connectivity index (χ1v) is 11.9. The SMILES string of the molecule is COc1ccc(OC)c([C@H](c2nnnn2C2CCCC2)N2CCN(c3ccccc3F)CC2)c1. The Balaban J connectivity index is 1.50. The first-order chi connectivity index (χ1) is 16.7. The van der Waals surface area contributed by atoms with E-state index in [2.05, 4.69) is 25.3 Å². The zero-order chi connectivity index (χ0) is 23.5. The molecule has 0 unspecified atom stereocenters. The number of anilines is 1. The number of aromatic nitrogens is 4. The zero-order valence-electron chi connectivity index (χ0n) is 19.7. The lowest BCUT2D eigenvalue weighted by molar-refractivity contribution is 0.194. The van der Waals surface area contributed by atoms with Crippen LogP contribution in [-0.4, -0.2) is 65.5 Å². The Morgan fingerprint density at radius 3 is 2.44 bits per heavy atom. The monoisotopic (exact) mass is 466 g/mol. The predicted molar refractivity (Wildman–Crippen MR) is 127 cm³/mol. The van der Waals surface area contributed by atoms with Crippen LogP contribution in [-0.2, 0) is 0 Å². The maximum absolute atomic E-state index is 14.4. The van der Waals surface area contributed by atoms with Crippen LogP contribution in [0.15, 0.2) is 42.5 Å². The van der Waals surface area contributed by atoms with E-state index in [4.69, 9.17) is 9.47 Å². The van der Waals surface area contributed by atoms with E-state index in [0.29, 0.717) is 24.8 Å². The van der Waals surface area contributed by atoms with Crippen LogP contribution >= 0.6 is 0 Å². The normalized spacial score (nSPS) is 18.3. The minimum absolute atomic E-state index is 0.188. The highest BCUT2D eigenvalue weighted by molar-refractivity contribution is 5.48. The molecule has 0 radical (unpaired) electrons. The fourth-order valence-corrected chi connectivity index (χ4v) is 5.27. The van der Waals surface area contributed by atoms with Crippen molar-refractivity contribution in [3.63, 3.8) is 0 Å². The summed E-state index contributed by atoms with van der Waals surface area (Å²) in [5.41, 5.74) is 1.61. The van der Waals surface area contributed by atoms with Crippen LogP contribution in [0.5, 0.6) is 11.5 Å². The van der Waals surface area contributed by atoms with Crippen molar-refractivity contribution in [1.29, 1.82) is 0 Å². The van der Waals surface area contributed by atoms with Crippen molar-refractivity contribution in [2.45, 2.75) is 37.8 Å². The molecular formula is C25H31FN6O2. The van der Waals surface area contributed by atoms with E-state index in [1.54, 1.807) is 20.3 Å². The van der Waals surface area contributed by atoms with Gasteiger partial charge in [-0.2, -0.15) is 0 Å². The van der Waals surface area contributed by atoms with Gasteiger partial charge in [-0.1, -0.05) is 25.0 Å². The van der Waals surface area contributed by atoms with E-state index in [-0.39, 0.29) is 11.9 Å². The molecule has 180 valence electrons. The van der Waals surface area contributed by atoms with Crippen LogP contribution in [0.2, 0.25) is 0 Å². The summed E-state index contributed by atoms with van der Waals surface area (Å²) in [4.78, 5) is 4.47. The van der Waals surface area contributed by atoms with Crippen LogP contribution in [0.25, 0.3) is 0 Å². The molecule has 1 saturated heterocycles. The number of benzene rings is 2. The Morgan fingerprint density at radius 1 is 0.971 bits per heavy atom. The van der Waals surface area contributed by atoms with Gasteiger partial charge >= 0.3 is 0 Å². The molecule has 1 saturated carbocycles. The van der Waals surface area contributed by atoms with Crippen LogP contribution in [0.3, 0.4) is 0 Å². The fraction of sp³-hybridized carbons (Fsp3) is 0.480. The van der Waals surface area contributed by atoms with E-state index in [1.165, 1.54) is 18.9 Å². The molecule has 1 aromatic heterocycles. The molecule has 1 aliphatic carbocycles. The van der Waals surface area contributed by atoms with Crippen molar-refractivity contribution >= 4 is 5.69 Å². The molecule has 2 heterocycles. The molecule has 5 rings (SSSR count). The Labute approximate surface area is 199 Å². The molecule has 2 aromatic carbocycles. The van der Waals surface area contributed by atoms with E-state index in [9.17, 15) is 4.39 Å². The zero-order valence-corrected chi connectivity index (χ0v) is 19.7. The number of piperazine rings is 1. The minimum atomic E-state index is -0.205. The van der Waals surface area contributed by atoms with Gasteiger partial charge in [-0.25, -0.2) is 9.07 Å². The Kier molecular flexibility index (Phi) is 6.62. The highest BCUT2D eigenvalue weighted by atomic mass is 19.1. The molecule has 2 fully saturated rings. The quantitative estimate of drug-likeness (QED) is 0.524. The Bertz CT molecular complexity index is 1110. The summed E-state index contributed by atoms with van der Waals surface area (Å²) in [6.45, 7) is 2.87. The molecule has 34 heavy (non-hydrogen) atoms. The van der Waals surface area contributed by atoms with Crippen LogP contribution in [0, 0.1) is 5.82 Å². The number of para-hydroxylation sites is 1. The maximum atomic E-state index is 14.4. The van der Waals surface area contributed by atoms with Crippen molar-refractivity contribution in [3.8, 4) is 11.5 Å². The van der Waals surface area contributed by atoms with Crippen LogP contribution < -0.4 is 14.4 Å². The van der Waals surface area contributed by atoms with Crippen molar-refractivity contribution in [1.82, 2.24) is 25.1 Å². The number of tetrazole rings is 1. The van der Waals surface area contributed by atoms with Gasteiger partial charge in [-0.3, -0.25) is 4.90 Å². The second kappa shape index (κ2) is 9.97. The number of hydrogen-bond donors (Lipinski definition) is 0. The van der Waals surface area contributed by atoms with Crippen molar-refractivity contribution in [2.24, 2.45) is 0 Å². The summed E-state index contributed by atoms with van der Waals surface area (Å²) >= 11 is 0. The molecular weight excluding hydrogens is 435 g/mol. The second-order valence-corrected chi connectivity index (χ2v) is 8.90. The maximum Gasteiger partial charge on any atom is 0.173 e. The number of rotatable bonds is 7. The number of ether oxygens (including phenoxy) is 2. The molecule has 0 bridgehead atoms. The first-order valence-electron chi connectivity index (χ1n) is 11.9. The van der Waals surface area contributed by atoms with Gasteiger partial charge in [0.05, 0.1) is 25.9 Å². The van der Waals surface area contributed by atoms with Gasteiger partial charge < -0.3 is 14.4 Å². The van der Waals surface area contributed by atoms with Gasteiger partial charge in [0.2, 0.25) is 0 Å². The summed E-state index contributed by atoms with van der Waals surface area (Å²) < 4.78 is 27.7. The number of halogens is 1. The smallest absolute Gasteiger partial charge is 0.173 e. The molecule has 2 aliphatic rings. The summed E-state index contributed by atoms with van der Waals surface area (Å²) in [6, 6.07) is 12.9. The van der Waals surface area contributed by atoms with Crippen LogP contribution in [0.4, 0.5) is 10.1 Å². The van der Waals surface area contributed by atoms with Gasteiger partial charge in [0.25, 0.3) is 0 Å². The van der Waals surface area contributed by atoms with Gasteiger partial charge in [0, 0.05) is 31.7 Å². The van der Waals surface area contributed by atoms with E-state index in [1.807, 2.05) is 35.0 Å². The largest absolute Gasteiger partial charge is 0.497 e. The van der Waals surface area contributed by atoms with E-state index < -0.39 is 0 Å². The molecule has 0 N–H and O–H groups in total. The molecule has 9 heteroatoms. The third-order valence-corrected chi connectivity index (χ3v) is 7.04. The minimum Gasteiger partial charge on any atom is -0.497 e. The lowest BCUT2D eigenvalue weighted by Gasteiger charge is -2.40. The third kappa shape index (κ3) is 4.32. The van der Waals surface area contributed by atoms with Gasteiger partial charge in [-0.15, -0.1) is 5.10 Å². The highest BCUT2D eigenvalue weighted by Crippen LogP contribution is 2.39.